The molecule has 172 valence electrons. The summed E-state index contributed by atoms with van der Waals surface area (Å²) in [5, 5.41) is 6.12. The van der Waals surface area contributed by atoms with Crippen LogP contribution in [0.2, 0.25) is 0 Å². The average Bonchev–Trinajstić information content (AvgIpc) is 3.27. The second-order valence-corrected chi connectivity index (χ2v) is 10.2. The highest BCUT2D eigenvalue weighted by Crippen LogP contribution is 2.27. The lowest BCUT2D eigenvalue weighted by Crippen LogP contribution is -2.47. The number of thioether (sulfide) groups is 1. The van der Waals surface area contributed by atoms with Gasteiger partial charge < -0.3 is 15.1 Å². The number of carbonyl (C=O) groups excluding carboxylic acids is 2. The second-order valence-electron chi connectivity index (χ2n) is 8.12. The molecule has 2 heterocycles. The minimum Gasteiger partial charge on any atom is -0.348 e. The van der Waals surface area contributed by atoms with E-state index in [4.69, 9.17) is 0 Å². The van der Waals surface area contributed by atoms with Crippen LogP contribution < -0.4 is 5.32 Å². The highest BCUT2D eigenvalue weighted by Gasteiger charge is 2.20. The average molecular weight is 481 g/mol. The van der Waals surface area contributed by atoms with Gasteiger partial charge in [-0.25, -0.2) is 4.98 Å². The minimum atomic E-state index is -0.106. The van der Waals surface area contributed by atoms with Gasteiger partial charge in [0, 0.05) is 54.3 Å². The summed E-state index contributed by atoms with van der Waals surface area (Å²) in [5.74, 6) is 0.697. The van der Waals surface area contributed by atoms with E-state index in [1.165, 1.54) is 0 Å². The fourth-order valence-corrected chi connectivity index (χ4v) is 5.30. The maximum atomic E-state index is 12.9. The van der Waals surface area contributed by atoms with Gasteiger partial charge in [-0.2, -0.15) is 0 Å². The zero-order chi connectivity index (χ0) is 23.2. The molecular formula is C25H28N4O2S2. The van der Waals surface area contributed by atoms with Gasteiger partial charge in [0.05, 0.1) is 16.3 Å². The van der Waals surface area contributed by atoms with E-state index in [9.17, 15) is 9.59 Å². The maximum Gasteiger partial charge on any atom is 0.253 e. The van der Waals surface area contributed by atoms with Crippen LogP contribution >= 0.6 is 23.1 Å². The molecule has 4 rings (SSSR count). The molecule has 0 bridgehead atoms. The van der Waals surface area contributed by atoms with Crippen molar-refractivity contribution < 1.29 is 9.59 Å². The lowest BCUT2D eigenvalue weighted by atomic mass is 10.1. The van der Waals surface area contributed by atoms with Crippen molar-refractivity contribution in [1.82, 2.24) is 20.1 Å². The van der Waals surface area contributed by atoms with Gasteiger partial charge in [0.15, 0.2) is 0 Å². The largest absolute Gasteiger partial charge is 0.348 e. The Morgan fingerprint density at radius 2 is 1.79 bits per heavy atom. The molecule has 8 heteroatoms. The standard InChI is InChI=1S/C25H28N4O2S2/c1-18-27-21(16-32-18)17-33-23-6-4-3-5-22(23)24(30)26-15-19-7-9-20(10-8-19)25(31)29-13-11-28(2)12-14-29/h3-10,16H,11-15,17H2,1-2H3,(H,26,30). The molecule has 6 nitrogen and oxygen atoms in total. The highest BCUT2D eigenvalue weighted by atomic mass is 32.2. The number of likely N-dealkylation sites (N-methyl/N-ethyl adjacent to an activating group) is 1. The first kappa shape index (κ1) is 23.5. The summed E-state index contributed by atoms with van der Waals surface area (Å²) in [6.45, 7) is 5.72. The van der Waals surface area contributed by atoms with Gasteiger partial charge in [-0.05, 0) is 43.8 Å². The van der Waals surface area contributed by atoms with E-state index >= 15 is 0 Å². The summed E-state index contributed by atoms with van der Waals surface area (Å²) < 4.78 is 0. The first-order chi connectivity index (χ1) is 16.0. The summed E-state index contributed by atoms with van der Waals surface area (Å²) in [6, 6.07) is 15.2. The molecule has 0 aliphatic carbocycles. The molecule has 1 aliphatic heterocycles. The number of nitrogens with one attached hydrogen (secondary N) is 1. The van der Waals surface area contributed by atoms with Crippen LogP contribution in [0.15, 0.2) is 58.8 Å². The summed E-state index contributed by atoms with van der Waals surface area (Å²) in [4.78, 5) is 35.1. The molecule has 3 aromatic rings. The Hall–Kier alpha value is -2.68. The Kier molecular flexibility index (Phi) is 7.80. The smallest absolute Gasteiger partial charge is 0.253 e. The quantitative estimate of drug-likeness (QED) is 0.517. The third-order valence-corrected chi connectivity index (χ3v) is 7.55. The molecule has 1 N–H and O–H groups in total. The molecule has 0 saturated carbocycles. The third-order valence-electron chi connectivity index (χ3n) is 5.62. The zero-order valence-electron chi connectivity index (χ0n) is 18.9. The van der Waals surface area contributed by atoms with Gasteiger partial charge in [0.1, 0.15) is 0 Å². The zero-order valence-corrected chi connectivity index (χ0v) is 20.5. The Morgan fingerprint density at radius 1 is 1.06 bits per heavy atom. The van der Waals surface area contributed by atoms with Crippen LogP contribution in [0.5, 0.6) is 0 Å². The highest BCUT2D eigenvalue weighted by molar-refractivity contribution is 7.98. The molecule has 1 saturated heterocycles. The molecule has 2 amide bonds. The minimum absolute atomic E-state index is 0.0694. The monoisotopic (exact) mass is 480 g/mol. The first-order valence-electron chi connectivity index (χ1n) is 11.0. The molecular weight excluding hydrogens is 452 g/mol. The Balaban J connectivity index is 1.33. The van der Waals surface area contributed by atoms with E-state index in [2.05, 4.69) is 27.6 Å². The molecule has 1 fully saturated rings. The van der Waals surface area contributed by atoms with Crippen molar-refractivity contribution in [3.8, 4) is 0 Å². The van der Waals surface area contributed by atoms with Crippen LogP contribution in [0.1, 0.15) is 37.0 Å². The normalized spacial score (nSPS) is 14.3. The van der Waals surface area contributed by atoms with E-state index in [-0.39, 0.29) is 11.8 Å². The number of aromatic nitrogens is 1. The third kappa shape index (κ3) is 6.22. The maximum absolute atomic E-state index is 12.9. The molecule has 0 atom stereocenters. The second kappa shape index (κ2) is 11.0. The number of rotatable bonds is 7. The van der Waals surface area contributed by atoms with Crippen LogP contribution in [0, 0.1) is 6.92 Å². The SMILES string of the molecule is Cc1nc(CSc2ccccc2C(=O)NCc2ccc(C(=O)N3CCN(C)CC3)cc2)cs1. The van der Waals surface area contributed by atoms with E-state index in [0.29, 0.717) is 17.7 Å². The van der Waals surface area contributed by atoms with Gasteiger partial charge in [0.25, 0.3) is 11.8 Å². The van der Waals surface area contributed by atoms with Crippen LogP contribution in [-0.4, -0.2) is 59.8 Å². The Morgan fingerprint density at radius 3 is 2.48 bits per heavy atom. The van der Waals surface area contributed by atoms with Crippen molar-refractivity contribution in [2.45, 2.75) is 24.1 Å². The van der Waals surface area contributed by atoms with Gasteiger partial charge in [-0.3, -0.25) is 9.59 Å². The summed E-state index contributed by atoms with van der Waals surface area (Å²) in [5.41, 5.74) is 3.34. The van der Waals surface area contributed by atoms with E-state index in [0.717, 1.165) is 53.1 Å². The Bertz CT molecular complexity index is 1110. The predicted molar refractivity (Wildman–Crippen MR) is 134 cm³/mol. The molecule has 2 aromatic carbocycles. The number of hydrogen-bond acceptors (Lipinski definition) is 6. The molecule has 1 aromatic heterocycles. The fraction of sp³-hybridized carbons (Fsp3) is 0.320. The lowest BCUT2D eigenvalue weighted by Gasteiger charge is -2.32. The van der Waals surface area contributed by atoms with E-state index in [1.807, 2.05) is 60.4 Å². The van der Waals surface area contributed by atoms with Crippen molar-refractivity contribution in [3.05, 3.63) is 81.3 Å². The first-order valence-corrected chi connectivity index (χ1v) is 12.8. The van der Waals surface area contributed by atoms with Crippen LogP contribution in [0.25, 0.3) is 0 Å². The summed E-state index contributed by atoms with van der Waals surface area (Å²) in [6.07, 6.45) is 0. The van der Waals surface area contributed by atoms with Gasteiger partial charge in [0.2, 0.25) is 0 Å². The predicted octanol–water partition coefficient (Wildman–Crippen LogP) is 4.06. The van der Waals surface area contributed by atoms with Crippen molar-refractivity contribution in [3.63, 3.8) is 0 Å². The van der Waals surface area contributed by atoms with Crippen LogP contribution in [0.4, 0.5) is 0 Å². The fourth-order valence-electron chi connectivity index (χ4n) is 3.64. The lowest BCUT2D eigenvalue weighted by molar-refractivity contribution is 0.0664. The summed E-state index contributed by atoms with van der Waals surface area (Å²) in [7, 11) is 2.07. The number of nitrogens with zero attached hydrogens (tertiary/aromatic N) is 3. The molecule has 0 spiro atoms. The topological polar surface area (TPSA) is 65.5 Å². The number of aryl methyl sites for hydroxylation is 1. The molecule has 0 unspecified atom stereocenters. The van der Waals surface area contributed by atoms with Gasteiger partial charge in [-0.15, -0.1) is 23.1 Å². The van der Waals surface area contributed by atoms with Gasteiger partial charge >= 0.3 is 0 Å². The van der Waals surface area contributed by atoms with Crippen LogP contribution in [-0.2, 0) is 12.3 Å². The van der Waals surface area contributed by atoms with Crippen molar-refractivity contribution in [1.29, 1.82) is 0 Å². The number of hydrogen-bond donors (Lipinski definition) is 1. The van der Waals surface area contributed by atoms with E-state index in [1.54, 1.807) is 23.1 Å². The van der Waals surface area contributed by atoms with Crippen LogP contribution in [0.3, 0.4) is 0 Å². The molecule has 1 aliphatic rings. The van der Waals surface area contributed by atoms with Crippen molar-refractivity contribution >= 4 is 34.9 Å². The van der Waals surface area contributed by atoms with Crippen molar-refractivity contribution in [2.75, 3.05) is 33.2 Å². The number of benzene rings is 2. The van der Waals surface area contributed by atoms with Gasteiger partial charge in [-0.1, -0.05) is 24.3 Å². The Labute approximate surface area is 203 Å². The number of carbonyl (C=O) groups is 2. The number of amides is 2. The molecule has 0 radical (unpaired) electrons. The summed E-state index contributed by atoms with van der Waals surface area (Å²) >= 11 is 3.26. The molecule has 33 heavy (non-hydrogen) atoms. The van der Waals surface area contributed by atoms with E-state index < -0.39 is 0 Å². The van der Waals surface area contributed by atoms with Crippen molar-refractivity contribution in [2.24, 2.45) is 0 Å². The number of thiazole rings is 1. The number of piperazine rings is 1.